The van der Waals surface area contributed by atoms with Gasteiger partial charge in [0.05, 0.1) is 24.5 Å². The summed E-state index contributed by atoms with van der Waals surface area (Å²) in [5, 5.41) is 11.8. The van der Waals surface area contributed by atoms with Gasteiger partial charge in [-0.15, -0.1) is 10.2 Å². The Morgan fingerprint density at radius 2 is 1.36 bits per heavy atom. The largest absolute Gasteiger partial charge is 0.367 e. The molecule has 0 spiro atoms. The highest BCUT2D eigenvalue weighted by molar-refractivity contribution is 7.99. The molecule has 15 heteroatoms. The number of rotatable bonds is 13. The van der Waals surface area contributed by atoms with Crippen LogP contribution < -0.4 is 28.3 Å². The van der Waals surface area contributed by atoms with E-state index in [1.165, 1.54) is 6.21 Å². The molecule has 39 heavy (non-hydrogen) atoms. The van der Waals surface area contributed by atoms with E-state index in [4.69, 9.17) is 50.2 Å². The quantitative estimate of drug-likeness (QED) is 0.0553. The number of nitrogens with zero attached hydrogens (tertiary/aromatic N) is 3. The van der Waals surface area contributed by atoms with Gasteiger partial charge in [-0.1, -0.05) is 73.4 Å². The maximum Gasteiger partial charge on any atom is 0.237 e. The first-order valence-corrected chi connectivity index (χ1v) is 14.7. The SMILES string of the molecule is CCSCCONC(N)=N/N=C/c1ccccc1Cl.CCSCCONC(N)=NN.O=Cc1ccccc1Cl. The number of hydrogen-bond donors (Lipinski definition) is 5. The number of benzene rings is 2. The molecule has 0 aliphatic carbocycles. The molecule has 2 aromatic rings. The van der Waals surface area contributed by atoms with E-state index in [1.54, 1.807) is 53.9 Å². The number of halogens is 2. The monoisotopic (exact) mass is 618 g/mol. The van der Waals surface area contributed by atoms with Gasteiger partial charge in [-0.3, -0.25) is 14.5 Å². The molecule has 8 N–H and O–H groups in total. The second-order valence-electron chi connectivity index (χ2n) is 6.70. The summed E-state index contributed by atoms with van der Waals surface area (Å²) < 4.78 is 0. The lowest BCUT2D eigenvalue weighted by Gasteiger charge is -2.03. The first-order chi connectivity index (χ1) is 18.9. The molecule has 2 aromatic carbocycles. The van der Waals surface area contributed by atoms with Crippen molar-refractivity contribution in [2.45, 2.75) is 13.8 Å². The van der Waals surface area contributed by atoms with Crippen molar-refractivity contribution in [2.24, 2.45) is 32.6 Å². The predicted molar refractivity (Wildman–Crippen MR) is 167 cm³/mol. The first-order valence-electron chi connectivity index (χ1n) is 11.6. The lowest BCUT2D eigenvalue weighted by atomic mass is 10.2. The molecule has 0 heterocycles. The smallest absolute Gasteiger partial charge is 0.237 e. The molecule has 0 saturated heterocycles. The summed E-state index contributed by atoms with van der Waals surface area (Å²) in [6, 6.07) is 14.3. The Morgan fingerprint density at radius 1 is 0.872 bits per heavy atom. The summed E-state index contributed by atoms with van der Waals surface area (Å²) in [5.74, 6) is 9.01. The van der Waals surface area contributed by atoms with Crippen molar-refractivity contribution < 1.29 is 14.5 Å². The van der Waals surface area contributed by atoms with Crippen LogP contribution in [0.5, 0.6) is 0 Å². The van der Waals surface area contributed by atoms with E-state index in [9.17, 15) is 4.79 Å². The van der Waals surface area contributed by atoms with Gasteiger partial charge in [-0.2, -0.15) is 28.6 Å². The Kier molecular flexibility index (Phi) is 23.8. The van der Waals surface area contributed by atoms with E-state index in [-0.39, 0.29) is 11.9 Å². The van der Waals surface area contributed by atoms with E-state index in [2.05, 4.69) is 40.1 Å². The van der Waals surface area contributed by atoms with E-state index >= 15 is 0 Å². The minimum absolute atomic E-state index is 0.0894. The summed E-state index contributed by atoms with van der Waals surface area (Å²) in [5.41, 5.74) is 16.9. The molecule has 0 amide bonds. The van der Waals surface area contributed by atoms with Crippen LogP contribution >= 0.6 is 46.7 Å². The standard InChI is InChI=1S/C12H17ClN4OS.C7H5ClO.C5H14N4OS/c1-2-19-8-7-18-17-12(14)16-15-9-10-5-3-4-6-11(10)13;8-7-4-2-1-3-6(7)5-9;1-2-11-4-3-10-9-5(6)8-7/h3-6,9H,2,7-8H2,1H3,(H3,14,16,17);1-5H;2-4,7H2,1H3,(H3,6,8,9)/b15-9+;;. The number of carbonyl (C=O) groups excluding carboxylic acids is 1. The van der Waals surface area contributed by atoms with Crippen molar-refractivity contribution >= 4 is 71.1 Å². The maximum atomic E-state index is 10.1. The lowest BCUT2D eigenvalue weighted by molar-refractivity contribution is 0.0980. The van der Waals surface area contributed by atoms with Gasteiger partial charge in [0.1, 0.15) is 0 Å². The number of nitrogens with two attached hydrogens (primary N) is 3. The Hall–Kier alpha value is -2.68. The summed E-state index contributed by atoms with van der Waals surface area (Å²) in [4.78, 5) is 20.1. The second kappa shape index (κ2) is 25.6. The van der Waals surface area contributed by atoms with Gasteiger partial charge in [-0.25, -0.2) is 11.0 Å². The first kappa shape index (κ1) is 36.3. The minimum atomic E-state index is 0.0894. The molecule has 11 nitrogen and oxygen atoms in total. The van der Waals surface area contributed by atoms with E-state index in [1.807, 2.05) is 18.2 Å². The number of carbonyl (C=O) groups is 1. The number of aldehydes is 1. The highest BCUT2D eigenvalue weighted by Gasteiger charge is 1.95. The zero-order valence-corrected chi connectivity index (χ0v) is 25.0. The fraction of sp³-hybridized carbons (Fsp3) is 0.333. The molecule has 0 fully saturated rings. The highest BCUT2D eigenvalue weighted by atomic mass is 35.5. The van der Waals surface area contributed by atoms with Gasteiger partial charge in [0.2, 0.25) is 11.9 Å². The van der Waals surface area contributed by atoms with Crippen molar-refractivity contribution in [1.82, 2.24) is 11.0 Å². The van der Waals surface area contributed by atoms with Gasteiger partial charge >= 0.3 is 0 Å². The van der Waals surface area contributed by atoms with Crippen LogP contribution in [-0.2, 0) is 9.68 Å². The van der Waals surface area contributed by atoms with Crippen LogP contribution in [0.1, 0.15) is 29.8 Å². The predicted octanol–water partition coefficient (Wildman–Crippen LogP) is 3.86. The van der Waals surface area contributed by atoms with Crippen LogP contribution in [0, 0.1) is 0 Å². The van der Waals surface area contributed by atoms with E-state index in [0.717, 1.165) is 34.9 Å². The van der Waals surface area contributed by atoms with E-state index < -0.39 is 0 Å². The number of hydrogen-bond acceptors (Lipinski definition) is 9. The Morgan fingerprint density at radius 3 is 1.79 bits per heavy atom. The minimum Gasteiger partial charge on any atom is -0.367 e. The topological polar surface area (TPSA) is 175 Å². The normalized spacial score (nSPS) is 11.2. The van der Waals surface area contributed by atoms with E-state index in [0.29, 0.717) is 28.8 Å². The average Bonchev–Trinajstić information content (AvgIpc) is 2.94. The molecule has 0 saturated carbocycles. The molecule has 2 rings (SSSR count). The third-order valence-corrected chi connectivity index (χ3v) is 6.28. The molecule has 0 aliphatic rings. The van der Waals surface area contributed by atoms with Crippen LogP contribution in [0.2, 0.25) is 10.0 Å². The molecule has 0 aromatic heterocycles. The molecule has 0 atom stereocenters. The third kappa shape index (κ3) is 20.9. The van der Waals surface area contributed by atoms with Gasteiger partial charge in [-0.05, 0) is 23.6 Å². The van der Waals surface area contributed by atoms with Crippen LogP contribution in [-0.4, -0.2) is 60.6 Å². The number of hydroxylamine groups is 2. The summed E-state index contributed by atoms with van der Waals surface area (Å²) >= 11 is 15.1. The van der Waals surface area contributed by atoms with Crippen molar-refractivity contribution in [3.05, 3.63) is 69.7 Å². The summed E-state index contributed by atoms with van der Waals surface area (Å²) in [6.45, 7) is 5.34. The van der Waals surface area contributed by atoms with Gasteiger partial charge < -0.3 is 17.3 Å². The Labute approximate surface area is 248 Å². The molecule has 0 aliphatic heterocycles. The summed E-state index contributed by atoms with van der Waals surface area (Å²) in [6.07, 6.45) is 2.27. The second-order valence-corrected chi connectivity index (χ2v) is 10.3. The fourth-order valence-corrected chi connectivity index (χ4v) is 3.43. The maximum absolute atomic E-state index is 10.1. The van der Waals surface area contributed by atoms with Crippen LogP contribution in [0.4, 0.5) is 0 Å². The third-order valence-electron chi connectivity index (χ3n) is 3.86. The molecule has 216 valence electrons. The zero-order chi connectivity index (χ0) is 29.1. The zero-order valence-electron chi connectivity index (χ0n) is 21.9. The number of thioether (sulfide) groups is 2. The van der Waals surface area contributed by atoms with Crippen LogP contribution in [0.15, 0.2) is 63.8 Å². The van der Waals surface area contributed by atoms with Gasteiger partial charge in [0.15, 0.2) is 6.29 Å². The lowest BCUT2D eigenvalue weighted by Crippen LogP contribution is -2.33. The van der Waals surface area contributed by atoms with Gasteiger partial charge in [0, 0.05) is 27.7 Å². The number of nitrogens with one attached hydrogen (secondary N) is 2. The van der Waals surface area contributed by atoms with Crippen LogP contribution in [0.3, 0.4) is 0 Å². The molecule has 0 radical (unpaired) electrons. The summed E-state index contributed by atoms with van der Waals surface area (Å²) in [7, 11) is 0. The average molecular weight is 620 g/mol. The van der Waals surface area contributed by atoms with Crippen molar-refractivity contribution in [1.29, 1.82) is 0 Å². The van der Waals surface area contributed by atoms with Crippen molar-refractivity contribution in [3.63, 3.8) is 0 Å². The van der Waals surface area contributed by atoms with Crippen LogP contribution in [0.25, 0.3) is 0 Å². The van der Waals surface area contributed by atoms with Crippen molar-refractivity contribution in [3.8, 4) is 0 Å². The Bertz CT molecular complexity index is 1020. The molecular formula is C24H36Cl2N8O3S2. The Balaban J connectivity index is 0.000000611. The fourth-order valence-electron chi connectivity index (χ4n) is 2.09. The highest BCUT2D eigenvalue weighted by Crippen LogP contribution is 2.12. The van der Waals surface area contributed by atoms with Gasteiger partial charge in [0.25, 0.3) is 0 Å². The molecule has 0 unspecified atom stereocenters. The molecule has 0 bridgehead atoms. The number of guanidine groups is 2. The number of hydrazone groups is 1. The molecular weight excluding hydrogens is 583 g/mol. The van der Waals surface area contributed by atoms with Crippen molar-refractivity contribution in [2.75, 3.05) is 36.2 Å².